The van der Waals surface area contributed by atoms with E-state index in [2.05, 4.69) is 0 Å². The van der Waals surface area contributed by atoms with Crippen LogP contribution in [0.25, 0.3) is 0 Å². The first-order valence-corrected chi connectivity index (χ1v) is 10.1. The smallest absolute Gasteiger partial charge is 0.411 e. The number of anilines is 1. The highest BCUT2D eigenvalue weighted by molar-refractivity contribution is 5.84. The fraction of sp³-hybridized carbons (Fsp3) is 0.391. The van der Waals surface area contributed by atoms with E-state index < -0.39 is 35.3 Å². The van der Waals surface area contributed by atoms with Crippen molar-refractivity contribution >= 4 is 17.7 Å². The van der Waals surface area contributed by atoms with Crippen LogP contribution in [0.15, 0.2) is 30.3 Å². The summed E-state index contributed by atoms with van der Waals surface area (Å²) in [6.45, 7) is 5.10. The van der Waals surface area contributed by atoms with Crippen molar-refractivity contribution in [3.8, 4) is 5.75 Å². The number of amides is 1. The highest BCUT2D eigenvalue weighted by Crippen LogP contribution is 2.34. The highest BCUT2D eigenvalue weighted by Gasteiger charge is 2.39. The van der Waals surface area contributed by atoms with E-state index in [-0.39, 0.29) is 24.4 Å². The molecular weight excluding hydrogens is 422 g/mol. The molecule has 1 aliphatic rings. The monoisotopic (exact) mass is 448 g/mol. The lowest BCUT2D eigenvalue weighted by atomic mass is 9.92. The molecule has 32 heavy (non-hydrogen) atoms. The van der Waals surface area contributed by atoms with Gasteiger partial charge in [0.25, 0.3) is 0 Å². The van der Waals surface area contributed by atoms with Crippen LogP contribution < -0.4 is 10.5 Å². The van der Waals surface area contributed by atoms with Gasteiger partial charge in [0.05, 0.1) is 18.4 Å². The number of nitrogens with two attached hydrogens (primary N) is 1. The van der Waals surface area contributed by atoms with E-state index in [0.29, 0.717) is 17.7 Å². The molecule has 1 amide bonds. The van der Waals surface area contributed by atoms with Crippen LogP contribution in [0.5, 0.6) is 5.75 Å². The normalized spacial score (nSPS) is 15.7. The molecule has 7 nitrogen and oxygen atoms in total. The molecule has 9 heteroatoms. The molecule has 0 aromatic heterocycles. The number of halogens is 2. The number of hydrogen-bond acceptors (Lipinski definition) is 6. The zero-order valence-electron chi connectivity index (χ0n) is 18.4. The fourth-order valence-corrected chi connectivity index (χ4v) is 3.48. The number of nitrogen functional groups attached to an aromatic ring is 1. The molecule has 1 atom stereocenters. The fourth-order valence-electron chi connectivity index (χ4n) is 3.48. The number of methoxy groups -OCH3 is 1. The van der Waals surface area contributed by atoms with E-state index in [1.807, 2.05) is 0 Å². The SMILES string of the molecule is COC(=O)[C@H]1c2ccc(OCc3c(F)ccc(N)c3F)cc2CCN1C(=O)OC(C)(C)C. The van der Waals surface area contributed by atoms with E-state index in [4.69, 9.17) is 19.9 Å². The topological polar surface area (TPSA) is 91.1 Å². The lowest BCUT2D eigenvalue weighted by Crippen LogP contribution is -2.46. The van der Waals surface area contributed by atoms with Crippen molar-refractivity contribution in [1.29, 1.82) is 0 Å². The maximum absolute atomic E-state index is 14.1. The number of hydrogen-bond donors (Lipinski definition) is 1. The van der Waals surface area contributed by atoms with Gasteiger partial charge in [0, 0.05) is 6.54 Å². The van der Waals surface area contributed by atoms with Crippen LogP contribution in [0.1, 0.15) is 43.5 Å². The van der Waals surface area contributed by atoms with Gasteiger partial charge in [-0.3, -0.25) is 4.90 Å². The van der Waals surface area contributed by atoms with Crippen LogP contribution in [-0.2, 0) is 27.3 Å². The molecule has 0 bridgehead atoms. The maximum Gasteiger partial charge on any atom is 0.411 e. The number of rotatable bonds is 4. The van der Waals surface area contributed by atoms with Gasteiger partial charge in [0.1, 0.15) is 23.8 Å². The van der Waals surface area contributed by atoms with E-state index in [0.717, 1.165) is 17.7 Å². The molecule has 2 aromatic rings. The number of carbonyl (C=O) groups is 2. The molecule has 0 radical (unpaired) electrons. The summed E-state index contributed by atoms with van der Waals surface area (Å²) in [5, 5.41) is 0. The van der Waals surface area contributed by atoms with Gasteiger partial charge in [-0.1, -0.05) is 6.07 Å². The van der Waals surface area contributed by atoms with Crippen LogP contribution in [0, 0.1) is 11.6 Å². The summed E-state index contributed by atoms with van der Waals surface area (Å²) in [5.74, 6) is -1.86. The second-order valence-electron chi connectivity index (χ2n) is 8.43. The molecule has 0 unspecified atom stereocenters. The molecular formula is C23H26F2N2O5. The molecule has 0 saturated heterocycles. The standard InChI is InChI=1S/C23H26F2N2O5/c1-23(2,3)32-22(29)27-10-9-13-11-14(5-6-15(13)20(27)21(28)30-4)31-12-16-17(24)7-8-18(26)19(16)25/h5-8,11,20H,9-10,12,26H2,1-4H3/t20-/m1/s1. The zero-order chi connectivity index (χ0) is 23.6. The van der Waals surface area contributed by atoms with Crippen molar-refractivity contribution in [2.24, 2.45) is 0 Å². The number of carbonyl (C=O) groups excluding carboxylic acids is 2. The molecule has 1 aliphatic heterocycles. The van der Waals surface area contributed by atoms with Crippen molar-refractivity contribution in [2.45, 2.75) is 45.4 Å². The Labute approximate surface area is 185 Å². The first-order chi connectivity index (χ1) is 15.0. The predicted molar refractivity (Wildman–Crippen MR) is 113 cm³/mol. The number of ether oxygens (including phenoxy) is 3. The molecule has 172 valence electrons. The first kappa shape index (κ1) is 23.3. The molecule has 0 spiro atoms. The van der Waals surface area contributed by atoms with Gasteiger partial charge in [0.15, 0.2) is 11.9 Å². The Morgan fingerprint density at radius 1 is 1.19 bits per heavy atom. The summed E-state index contributed by atoms with van der Waals surface area (Å²) in [6, 6.07) is 6.13. The third-order valence-corrected chi connectivity index (χ3v) is 4.99. The van der Waals surface area contributed by atoms with Crippen LogP contribution in [0.4, 0.5) is 19.3 Å². The van der Waals surface area contributed by atoms with Gasteiger partial charge in [-0.2, -0.15) is 0 Å². The Morgan fingerprint density at radius 3 is 2.56 bits per heavy atom. The number of fused-ring (bicyclic) bond motifs is 1. The van der Waals surface area contributed by atoms with Gasteiger partial charge in [-0.05, 0) is 62.6 Å². The Kier molecular flexibility index (Phi) is 6.57. The summed E-state index contributed by atoms with van der Waals surface area (Å²) < 4.78 is 44.0. The Hall–Kier alpha value is -3.36. The summed E-state index contributed by atoms with van der Waals surface area (Å²) in [6.07, 6.45) is -0.188. The maximum atomic E-state index is 14.1. The molecule has 1 heterocycles. The Bertz CT molecular complexity index is 1040. The van der Waals surface area contributed by atoms with E-state index in [9.17, 15) is 18.4 Å². The van der Waals surface area contributed by atoms with E-state index >= 15 is 0 Å². The minimum atomic E-state index is -0.975. The third kappa shape index (κ3) is 4.92. The lowest BCUT2D eigenvalue weighted by molar-refractivity contribution is -0.147. The van der Waals surface area contributed by atoms with Crippen LogP contribution in [0.3, 0.4) is 0 Å². The van der Waals surface area contributed by atoms with Crippen LogP contribution >= 0.6 is 0 Å². The van der Waals surface area contributed by atoms with Gasteiger partial charge in [-0.25, -0.2) is 18.4 Å². The zero-order valence-corrected chi connectivity index (χ0v) is 18.4. The van der Waals surface area contributed by atoms with Crippen molar-refractivity contribution in [3.63, 3.8) is 0 Å². The molecule has 0 saturated carbocycles. The van der Waals surface area contributed by atoms with Gasteiger partial charge < -0.3 is 19.9 Å². The average Bonchev–Trinajstić information content (AvgIpc) is 2.73. The molecule has 3 rings (SSSR count). The number of esters is 1. The highest BCUT2D eigenvalue weighted by atomic mass is 19.1. The quantitative estimate of drug-likeness (QED) is 0.559. The first-order valence-electron chi connectivity index (χ1n) is 10.1. The molecule has 0 fully saturated rings. The molecule has 2 N–H and O–H groups in total. The Balaban J connectivity index is 1.84. The second-order valence-corrected chi connectivity index (χ2v) is 8.43. The number of nitrogens with zero attached hydrogens (tertiary/aromatic N) is 1. The van der Waals surface area contributed by atoms with Crippen molar-refractivity contribution < 1.29 is 32.6 Å². The van der Waals surface area contributed by atoms with Gasteiger partial charge in [-0.15, -0.1) is 0 Å². The Morgan fingerprint density at radius 2 is 1.91 bits per heavy atom. The average molecular weight is 448 g/mol. The summed E-state index contributed by atoms with van der Waals surface area (Å²) in [4.78, 5) is 26.5. The number of benzene rings is 2. The second kappa shape index (κ2) is 9.02. The molecule has 0 aliphatic carbocycles. The summed E-state index contributed by atoms with van der Waals surface area (Å²) in [7, 11) is 1.25. The van der Waals surface area contributed by atoms with Crippen molar-refractivity contribution in [3.05, 3.63) is 58.7 Å². The van der Waals surface area contributed by atoms with E-state index in [1.165, 1.54) is 12.0 Å². The third-order valence-electron chi connectivity index (χ3n) is 4.99. The van der Waals surface area contributed by atoms with Crippen molar-refractivity contribution in [2.75, 3.05) is 19.4 Å². The van der Waals surface area contributed by atoms with Gasteiger partial charge >= 0.3 is 12.1 Å². The lowest BCUT2D eigenvalue weighted by Gasteiger charge is -2.36. The largest absolute Gasteiger partial charge is 0.489 e. The predicted octanol–water partition coefficient (Wildman–Crippen LogP) is 4.13. The minimum absolute atomic E-state index is 0.168. The van der Waals surface area contributed by atoms with Gasteiger partial charge in [0.2, 0.25) is 0 Å². The van der Waals surface area contributed by atoms with E-state index in [1.54, 1.807) is 39.0 Å². The van der Waals surface area contributed by atoms with Crippen LogP contribution in [0.2, 0.25) is 0 Å². The van der Waals surface area contributed by atoms with Crippen LogP contribution in [-0.4, -0.2) is 36.2 Å². The summed E-state index contributed by atoms with van der Waals surface area (Å²) >= 11 is 0. The molecule has 2 aromatic carbocycles. The van der Waals surface area contributed by atoms with Crippen molar-refractivity contribution in [1.82, 2.24) is 4.90 Å². The summed E-state index contributed by atoms with van der Waals surface area (Å²) in [5.41, 5.74) is 5.67. The minimum Gasteiger partial charge on any atom is -0.489 e.